The predicted octanol–water partition coefficient (Wildman–Crippen LogP) is 3.34. The molecule has 0 aliphatic carbocycles. The van der Waals surface area contributed by atoms with Crippen LogP contribution in [0.1, 0.15) is 28.9 Å². The van der Waals surface area contributed by atoms with Gasteiger partial charge in [0, 0.05) is 5.69 Å². The van der Waals surface area contributed by atoms with Crippen molar-refractivity contribution in [2.24, 2.45) is 0 Å². The minimum Gasteiger partial charge on any atom is -0.345 e. The molecule has 0 bridgehead atoms. The molecule has 2 aromatic rings. The number of carbonyl (C=O) groups is 1. The van der Waals surface area contributed by atoms with Crippen molar-refractivity contribution in [1.82, 2.24) is 5.32 Å². The molecule has 0 saturated carbocycles. The van der Waals surface area contributed by atoms with Crippen LogP contribution in [-0.2, 0) is 10.0 Å². The smallest absolute Gasteiger partial charge is 0.253 e. The summed E-state index contributed by atoms with van der Waals surface area (Å²) in [7, 11) is -3.46. The normalized spacial score (nSPS) is 12.5. The summed E-state index contributed by atoms with van der Waals surface area (Å²) in [5.74, 6) is -0.825. The molecule has 8 heteroatoms. The lowest BCUT2D eigenvalue weighted by Gasteiger charge is -2.15. The van der Waals surface area contributed by atoms with Gasteiger partial charge in [-0.3, -0.25) is 9.52 Å². The second-order valence-electron chi connectivity index (χ2n) is 5.32. The molecule has 2 aromatic carbocycles. The highest BCUT2D eigenvalue weighted by Gasteiger charge is 2.16. The number of halogens is 2. The molecule has 0 heterocycles. The van der Waals surface area contributed by atoms with E-state index in [1.165, 1.54) is 30.3 Å². The molecule has 1 amide bonds. The van der Waals surface area contributed by atoms with Crippen molar-refractivity contribution in [3.63, 3.8) is 0 Å². The van der Waals surface area contributed by atoms with Gasteiger partial charge in [0.2, 0.25) is 10.0 Å². The second-order valence-corrected chi connectivity index (χ2v) is 7.47. The van der Waals surface area contributed by atoms with E-state index in [1.54, 1.807) is 19.1 Å². The average molecular weight is 371 g/mol. The summed E-state index contributed by atoms with van der Waals surface area (Å²) >= 11 is 6.02. The molecule has 0 aromatic heterocycles. The monoisotopic (exact) mass is 370 g/mol. The third-order valence-electron chi connectivity index (χ3n) is 3.23. The fraction of sp³-hybridized carbons (Fsp3) is 0.188. The van der Waals surface area contributed by atoms with Crippen LogP contribution in [0.5, 0.6) is 0 Å². The van der Waals surface area contributed by atoms with E-state index in [-0.39, 0.29) is 28.1 Å². The van der Waals surface area contributed by atoms with Gasteiger partial charge in [-0.25, -0.2) is 12.8 Å². The van der Waals surface area contributed by atoms with Gasteiger partial charge in [-0.1, -0.05) is 23.7 Å². The summed E-state index contributed by atoms with van der Waals surface area (Å²) in [5, 5.41) is 2.93. The quantitative estimate of drug-likeness (QED) is 0.847. The van der Waals surface area contributed by atoms with E-state index in [4.69, 9.17) is 11.6 Å². The van der Waals surface area contributed by atoms with Crippen LogP contribution in [0.25, 0.3) is 0 Å². The number of amides is 1. The van der Waals surface area contributed by atoms with Crippen LogP contribution in [0.15, 0.2) is 42.5 Å². The lowest BCUT2D eigenvalue weighted by molar-refractivity contribution is 0.0940. The Morgan fingerprint density at radius 3 is 2.38 bits per heavy atom. The molecule has 5 nitrogen and oxygen atoms in total. The van der Waals surface area contributed by atoms with Gasteiger partial charge in [-0.2, -0.15) is 0 Å². The highest BCUT2D eigenvalue weighted by molar-refractivity contribution is 7.92. The van der Waals surface area contributed by atoms with E-state index in [0.29, 0.717) is 0 Å². The van der Waals surface area contributed by atoms with Gasteiger partial charge < -0.3 is 5.32 Å². The molecule has 2 N–H and O–H groups in total. The maximum Gasteiger partial charge on any atom is 0.253 e. The van der Waals surface area contributed by atoms with Crippen molar-refractivity contribution in [3.8, 4) is 0 Å². The zero-order valence-electron chi connectivity index (χ0n) is 13.0. The third kappa shape index (κ3) is 4.94. The Morgan fingerprint density at radius 2 is 1.79 bits per heavy atom. The Hall–Kier alpha value is -2.12. The average Bonchev–Trinajstić information content (AvgIpc) is 2.48. The van der Waals surface area contributed by atoms with Crippen LogP contribution in [0, 0.1) is 5.82 Å². The molecule has 1 atom stereocenters. The molecule has 0 fully saturated rings. The second kappa shape index (κ2) is 7.19. The number of hydrogen-bond acceptors (Lipinski definition) is 3. The topological polar surface area (TPSA) is 75.3 Å². The largest absolute Gasteiger partial charge is 0.345 e. The highest BCUT2D eigenvalue weighted by Crippen LogP contribution is 2.22. The van der Waals surface area contributed by atoms with E-state index in [2.05, 4.69) is 10.0 Å². The number of nitrogens with one attached hydrogen (secondary N) is 2. The van der Waals surface area contributed by atoms with Gasteiger partial charge in [0.15, 0.2) is 0 Å². The Bertz CT molecular complexity index is 854. The van der Waals surface area contributed by atoms with Gasteiger partial charge in [0.25, 0.3) is 5.91 Å². The summed E-state index contributed by atoms with van der Waals surface area (Å²) < 4.78 is 37.8. The molecule has 0 saturated heterocycles. The van der Waals surface area contributed by atoms with Crippen molar-refractivity contribution in [2.75, 3.05) is 11.0 Å². The molecule has 0 radical (unpaired) electrons. The third-order valence-corrected chi connectivity index (χ3v) is 4.17. The Kier molecular flexibility index (Phi) is 5.46. The van der Waals surface area contributed by atoms with Gasteiger partial charge in [-0.05, 0) is 42.8 Å². The van der Waals surface area contributed by atoms with Gasteiger partial charge >= 0.3 is 0 Å². The molecular weight excluding hydrogens is 355 g/mol. The van der Waals surface area contributed by atoms with Crippen molar-refractivity contribution in [2.45, 2.75) is 13.0 Å². The highest BCUT2D eigenvalue weighted by atomic mass is 35.5. The first-order valence-corrected chi connectivity index (χ1v) is 9.26. The van der Waals surface area contributed by atoms with Crippen LogP contribution in [0.4, 0.5) is 10.1 Å². The van der Waals surface area contributed by atoms with E-state index in [9.17, 15) is 17.6 Å². The number of carbonyl (C=O) groups excluding carboxylic acids is 1. The van der Waals surface area contributed by atoms with Crippen LogP contribution >= 0.6 is 11.6 Å². The van der Waals surface area contributed by atoms with Crippen LogP contribution in [0.3, 0.4) is 0 Å². The molecule has 0 spiro atoms. The predicted molar refractivity (Wildman–Crippen MR) is 92.2 cm³/mol. The molecular formula is C16H16ClFN2O3S. The summed E-state index contributed by atoms with van der Waals surface area (Å²) in [4.78, 5) is 12.4. The summed E-state index contributed by atoms with van der Waals surface area (Å²) in [5.41, 5.74) is 1.10. The summed E-state index contributed by atoms with van der Waals surface area (Å²) in [6, 6.07) is 9.64. The maximum absolute atomic E-state index is 12.9. The van der Waals surface area contributed by atoms with Crippen LogP contribution in [0.2, 0.25) is 5.02 Å². The van der Waals surface area contributed by atoms with E-state index >= 15 is 0 Å². The number of rotatable bonds is 5. The summed E-state index contributed by atoms with van der Waals surface area (Å²) in [6.07, 6.45) is 1.01. The number of anilines is 1. The Balaban J connectivity index is 2.19. The Morgan fingerprint density at radius 1 is 1.17 bits per heavy atom. The van der Waals surface area contributed by atoms with Crippen LogP contribution in [-0.4, -0.2) is 20.6 Å². The zero-order valence-corrected chi connectivity index (χ0v) is 14.6. The Labute approximate surface area is 144 Å². The first kappa shape index (κ1) is 18.2. The molecule has 24 heavy (non-hydrogen) atoms. The van der Waals surface area contributed by atoms with Crippen molar-refractivity contribution < 1.29 is 17.6 Å². The number of sulfonamides is 1. The molecule has 0 aliphatic rings. The SMILES string of the molecule is CC(NC(=O)c1cc(NS(C)(=O)=O)ccc1Cl)c1ccc(F)cc1. The van der Waals surface area contributed by atoms with Crippen LogP contribution < -0.4 is 10.0 Å². The fourth-order valence-electron chi connectivity index (χ4n) is 2.09. The van der Waals surface area contributed by atoms with Crippen molar-refractivity contribution in [1.29, 1.82) is 0 Å². The van der Waals surface area contributed by atoms with E-state index < -0.39 is 15.9 Å². The number of hydrogen-bond donors (Lipinski definition) is 2. The molecule has 128 valence electrons. The maximum atomic E-state index is 12.9. The lowest BCUT2D eigenvalue weighted by Crippen LogP contribution is -2.27. The van der Waals surface area contributed by atoms with Crippen molar-refractivity contribution in [3.05, 3.63) is 64.4 Å². The molecule has 2 rings (SSSR count). The fourth-order valence-corrected chi connectivity index (χ4v) is 2.84. The molecule has 1 unspecified atom stereocenters. The number of benzene rings is 2. The van der Waals surface area contributed by atoms with Gasteiger partial charge in [0.05, 0.1) is 22.9 Å². The first-order chi connectivity index (χ1) is 11.2. The summed E-state index contributed by atoms with van der Waals surface area (Å²) in [6.45, 7) is 1.75. The molecule has 0 aliphatic heterocycles. The lowest BCUT2D eigenvalue weighted by atomic mass is 10.1. The zero-order chi connectivity index (χ0) is 17.9. The van der Waals surface area contributed by atoms with E-state index in [1.807, 2.05) is 0 Å². The standard InChI is InChI=1S/C16H16ClFN2O3S/c1-10(11-3-5-12(18)6-4-11)19-16(21)14-9-13(7-8-15(14)17)20-24(2,22)23/h3-10,20H,1-2H3,(H,19,21). The minimum absolute atomic E-state index is 0.138. The first-order valence-electron chi connectivity index (χ1n) is 6.99. The van der Waals surface area contributed by atoms with Gasteiger partial charge in [0.1, 0.15) is 5.82 Å². The van der Waals surface area contributed by atoms with E-state index in [0.717, 1.165) is 11.8 Å². The minimum atomic E-state index is -3.46. The van der Waals surface area contributed by atoms with Crippen molar-refractivity contribution >= 4 is 33.2 Å². The van der Waals surface area contributed by atoms with Gasteiger partial charge in [-0.15, -0.1) is 0 Å².